The van der Waals surface area contributed by atoms with Gasteiger partial charge < -0.3 is 20.9 Å². The van der Waals surface area contributed by atoms with E-state index in [-0.39, 0.29) is 35.0 Å². The Kier molecular flexibility index (Phi) is 5.06. The van der Waals surface area contributed by atoms with E-state index in [1.807, 2.05) is 0 Å². The van der Waals surface area contributed by atoms with E-state index in [1.165, 1.54) is 41.6 Å². The molecule has 4 amide bonds. The molecule has 2 atom stereocenters. The number of hydrogen-bond donors (Lipinski definition) is 3. The van der Waals surface area contributed by atoms with Gasteiger partial charge in [-0.15, -0.1) is 4.28 Å². The lowest BCUT2D eigenvalue weighted by atomic mass is 9.94. The topological polar surface area (TPSA) is 198 Å². The molecule has 2 aromatic rings. The second-order valence-electron chi connectivity index (χ2n) is 7.71. The van der Waals surface area contributed by atoms with Gasteiger partial charge in [0.2, 0.25) is 0 Å². The summed E-state index contributed by atoms with van der Waals surface area (Å²) in [5, 5.41) is 11.1. The number of amides is 4. The average molecular weight is 483 g/mol. The third kappa shape index (κ3) is 3.55. The fourth-order valence-electron chi connectivity index (χ4n) is 3.95. The minimum Gasteiger partial charge on any atom is -0.382 e. The largest absolute Gasteiger partial charge is 0.418 e. The van der Waals surface area contributed by atoms with Gasteiger partial charge in [0.1, 0.15) is 17.5 Å². The number of aryl methyl sites for hydroxylation is 2. The number of hydroxylamine groups is 2. The first-order chi connectivity index (χ1) is 15.3. The predicted octanol–water partition coefficient (Wildman–Crippen LogP) is -1.36. The number of carbonyl (C=O) groups is 3. The quantitative estimate of drug-likeness (QED) is 0.427. The molecule has 4 rings (SSSR count). The Morgan fingerprint density at radius 3 is 2.52 bits per heavy atom. The van der Waals surface area contributed by atoms with Crippen molar-refractivity contribution in [1.82, 2.24) is 34.4 Å². The molecular weight excluding hydrogens is 462 g/mol. The smallest absolute Gasteiger partial charge is 0.382 e. The van der Waals surface area contributed by atoms with Crippen molar-refractivity contribution in [3.63, 3.8) is 0 Å². The first-order valence-corrected chi connectivity index (χ1v) is 10.8. The second-order valence-corrected chi connectivity index (χ2v) is 8.71. The van der Waals surface area contributed by atoms with Crippen LogP contribution in [-0.2, 0) is 33.6 Å². The van der Waals surface area contributed by atoms with Crippen LogP contribution in [0.25, 0.3) is 0 Å². The summed E-state index contributed by atoms with van der Waals surface area (Å²) >= 11 is 0. The molecule has 2 unspecified atom stereocenters. The van der Waals surface area contributed by atoms with Crippen LogP contribution in [0.4, 0.5) is 16.3 Å². The zero-order valence-corrected chi connectivity index (χ0v) is 18.8. The predicted molar refractivity (Wildman–Crippen MR) is 110 cm³/mol. The minimum atomic E-state index is -5.09. The van der Waals surface area contributed by atoms with Gasteiger partial charge in [-0.2, -0.15) is 23.7 Å². The number of nitrogens with two attached hydrogens (primary N) is 1. The highest BCUT2D eigenvalue weighted by atomic mass is 32.3. The Morgan fingerprint density at radius 2 is 1.97 bits per heavy atom. The number of aromatic nitrogens is 4. The highest BCUT2D eigenvalue weighted by Gasteiger charge is 2.55. The number of hydrogen-bond acceptors (Lipinski definition) is 9. The average Bonchev–Trinajstić information content (AvgIpc) is 3.31. The summed E-state index contributed by atoms with van der Waals surface area (Å²) in [4.78, 5) is 41.4. The Labute approximate surface area is 187 Å². The zero-order chi connectivity index (χ0) is 24.4. The van der Waals surface area contributed by atoms with Crippen LogP contribution in [0, 0.1) is 0 Å². The van der Waals surface area contributed by atoms with Gasteiger partial charge in [0.05, 0.1) is 18.4 Å². The lowest BCUT2D eigenvalue weighted by molar-refractivity contribution is -0.134. The molecule has 178 valence electrons. The van der Waals surface area contributed by atoms with Gasteiger partial charge >= 0.3 is 16.4 Å². The van der Waals surface area contributed by atoms with Gasteiger partial charge in [-0.05, 0) is 0 Å². The summed E-state index contributed by atoms with van der Waals surface area (Å²) in [7, 11) is 0.937. The SMILES string of the molecule is CN(C)C(=O)C1c2c(c(C(=O)Nc3cnn(C)c3N)nn2C)C2CN1C(=O)N2OS(=O)(=O)O. The molecule has 17 heteroatoms. The van der Waals surface area contributed by atoms with Crippen molar-refractivity contribution in [2.45, 2.75) is 12.1 Å². The summed E-state index contributed by atoms with van der Waals surface area (Å²) in [6.45, 7) is -0.188. The molecule has 0 aliphatic carbocycles. The number of urea groups is 1. The van der Waals surface area contributed by atoms with Gasteiger partial charge in [0, 0.05) is 33.8 Å². The molecule has 33 heavy (non-hydrogen) atoms. The summed E-state index contributed by atoms with van der Waals surface area (Å²) in [5.74, 6) is -1.07. The van der Waals surface area contributed by atoms with Crippen molar-refractivity contribution < 1.29 is 31.6 Å². The molecule has 0 saturated carbocycles. The molecule has 0 spiro atoms. The highest BCUT2D eigenvalue weighted by molar-refractivity contribution is 7.80. The summed E-state index contributed by atoms with van der Waals surface area (Å²) in [6, 6.07) is -3.34. The fraction of sp³-hybridized carbons (Fsp3) is 0.438. The Balaban J connectivity index is 1.85. The first-order valence-electron chi connectivity index (χ1n) is 9.45. The molecule has 4 N–H and O–H groups in total. The van der Waals surface area contributed by atoms with Crippen LogP contribution in [0.2, 0.25) is 0 Å². The van der Waals surface area contributed by atoms with Crippen LogP contribution in [0.5, 0.6) is 0 Å². The van der Waals surface area contributed by atoms with Crippen molar-refractivity contribution in [3.8, 4) is 0 Å². The number of rotatable bonds is 5. The summed E-state index contributed by atoms with van der Waals surface area (Å²) in [6.07, 6.45) is 1.33. The van der Waals surface area contributed by atoms with Crippen LogP contribution < -0.4 is 11.1 Å². The van der Waals surface area contributed by atoms with E-state index >= 15 is 0 Å². The van der Waals surface area contributed by atoms with Crippen molar-refractivity contribution in [2.75, 3.05) is 31.7 Å². The van der Waals surface area contributed by atoms with Crippen molar-refractivity contribution in [3.05, 3.63) is 23.1 Å². The summed E-state index contributed by atoms with van der Waals surface area (Å²) < 4.78 is 39.1. The van der Waals surface area contributed by atoms with E-state index in [9.17, 15) is 27.4 Å². The monoisotopic (exact) mass is 483 g/mol. The maximum Gasteiger partial charge on any atom is 0.418 e. The van der Waals surface area contributed by atoms with Gasteiger partial charge in [-0.1, -0.05) is 0 Å². The molecule has 1 fully saturated rings. The number of fused-ring (bicyclic) bond motifs is 4. The maximum atomic E-state index is 13.1. The third-order valence-corrected chi connectivity index (χ3v) is 5.77. The molecule has 16 nitrogen and oxygen atoms in total. The fourth-order valence-corrected chi connectivity index (χ4v) is 4.32. The Morgan fingerprint density at radius 1 is 1.30 bits per heavy atom. The number of nitrogens with one attached hydrogen (secondary N) is 1. The first kappa shape index (κ1) is 22.5. The van der Waals surface area contributed by atoms with E-state index in [1.54, 1.807) is 7.05 Å². The van der Waals surface area contributed by atoms with Crippen LogP contribution in [0.1, 0.15) is 33.8 Å². The van der Waals surface area contributed by atoms with E-state index in [0.717, 1.165) is 4.90 Å². The molecule has 1 saturated heterocycles. The number of anilines is 2. The van der Waals surface area contributed by atoms with Gasteiger partial charge in [-0.25, -0.2) is 4.79 Å². The maximum absolute atomic E-state index is 13.1. The molecule has 2 aromatic heterocycles. The van der Waals surface area contributed by atoms with E-state index in [0.29, 0.717) is 5.06 Å². The third-order valence-electron chi connectivity index (χ3n) is 5.42. The second kappa shape index (κ2) is 7.42. The Bertz CT molecular complexity index is 1280. The summed E-state index contributed by atoms with van der Waals surface area (Å²) in [5.41, 5.74) is 6.19. The normalized spacial score (nSPS) is 19.6. The molecule has 2 bridgehead atoms. The van der Waals surface area contributed by atoms with Crippen molar-refractivity contribution in [2.24, 2.45) is 14.1 Å². The van der Waals surface area contributed by atoms with E-state index < -0.39 is 40.3 Å². The molecule has 0 aromatic carbocycles. The van der Waals surface area contributed by atoms with Gasteiger partial charge in [0.15, 0.2) is 11.7 Å². The van der Waals surface area contributed by atoms with Crippen LogP contribution in [-0.4, -0.2) is 85.9 Å². The van der Waals surface area contributed by atoms with Gasteiger partial charge in [0.25, 0.3) is 11.8 Å². The van der Waals surface area contributed by atoms with E-state index in [2.05, 4.69) is 19.8 Å². The van der Waals surface area contributed by atoms with Crippen LogP contribution in [0.15, 0.2) is 6.20 Å². The zero-order valence-electron chi connectivity index (χ0n) is 18.0. The van der Waals surface area contributed by atoms with Crippen molar-refractivity contribution in [1.29, 1.82) is 0 Å². The van der Waals surface area contributed by atoms with Crippen LogP contribution in [0.3, 0.4) is 0 Å². The van der Waals surface area contributed by atoms with Crippen LogP contribution >= 0.6 is 0 Å². The number of nitrogens with zero attached hydrogens (tertiary/aromatic N) is 7. The Hall–Kier alpha value is -3.70. The standard InChI is InChI=1S/C16H21N9O7S/c1-21(2)15(27)12-11-9(8-6-24(12)16(28)25(8)32-33(29,30)31)10(20-22(11)3)14(26)19-7-5-18-23(4)13(7)17/h5,8,12H,6,17H2,1-4H3,(H,19,26)(H,29,30,31). The number of carbonyl (C=O) groups excluding carboxylic acids is 3. The highest BCUT2D eigenvalue weighted by Crippen LogP contribution is 2.46. The lowest BCUT2D eigenvalue weighted by Crippen LogP contribution is -2.44. The molecule has 2 aliphatic rings. The van der Waals surface area contributed by atoms with Gasteiger partial charge in [-0.3, -0.25) is 23.5 Å². The molecular formula is C16H21N9O7S. The molecule has 2 aliphatic heterocycles. The van der Waals surface area contributed by atoms with E-state index in [4.69, 9.17) is 5.73 Å². The lowest BCUT2D eigenvalue weighted by Gasteiger charge is -2.31. The minimum absolute atomic E-state index is 0.100. The molecule has 0 radical (unpaired) electrons. The van der Waals surface area contributed by atoms with Crippen molar-refractivity contribution >= 4 is 39.7 Å². The molecule has 4 heterocycles. The number of nitrogen functional groups attached to an aromatic ring is 1. The number of likely N-dealkylation sites (N-methyl/N-ethyl adjacent to an activating group) is 1.